The summed E-state index contributed by atoms with van der Waals surface area (Å²) in [6, 6.07) is 4.27. The minimum atomic E-state index is -0.696. The lowest BCUT2D eigenvalue weighted by Crippen LogP contribution is -2.16. The Bertz CT molecular complexity index is 611. The number of methoxy groups -OCH3 is 1. The quantitative estimate of drug-likeness (QED) is 0.794. The first-order valence-electron chi connectivity index (χ1n) is 4.68. The van der Waals surface area contributed by atoms with Gasteiger partial charge in [0.1, 0.15) is 11.6 Å². The highest BCUT2D eigenvalue weighted by molar-refractivity contribution is 5.65. The number of ether oxygens (including phenoxy) is 1. The summed E-state index contributed by atoms with van der Waals surface area (Å²) in [5.74, 6) is -0.566. The molecule has 0 bridgehead atoms. The van der Waals surface area contributed by atoms with Gasteiger partial charge >= 0.3 is 5.69 Å². The Kier molecular flexibility index (Phi) is 2.73. The third kappa shape index (κ3) is 2.07. The number of benzene rings is 1. The summed E-state index contributed by atoms with van der Waals surface area (Å²) in [5.41, 5.74) is 4.68. The third-order valence-corrected chi connectivity index (χ3v) is 2.10. The molecule has 0 aliphatic heterocycles. The van der Waals surface area contributed by atoms with Crippen LogP contribution in [-0.4, -0.2) is 22.1 Å². The zero-order chi connectivity index (χ0) is 12.4. The first-order chi connectivity index (χ1) is 8.11. The van der Waals surface area contributed by atoms with E-state index in [1.807, 2.05) is 0 Å². The zero-order valence-corrected chi connectivity index (χ0v) is 8.90. The zero-order valence-electron chi connectivity index (χ0n) is 8.90. The van der Waals surface area contributed by atoms with E-state index in [4.69, 9.17) is 10.5 Å². The van der Waals surface area contributed by atoms with Crippen molar-refractivity contribution >= 4 is 5.95 Å². The normalized spacial score (nSPS) is 10.2. The molecule has 3 N–H and O–H groups in total. The van der Waals surface area contributed by atoms with Crippen molar-refractivity contribution in [1.82, 2.24) is 15.0 Å². The maximum absolute atomic E-state index is 13.7. The first-order valence-corrected chi connectivity index (χ1v) is 4.68. The molecular weight excluding hydrogens is 227 g/mol. The van der Waals surface area contributed by atoms with Crippen LogP contribution in [0.15, 0.2) is 23.0 Å². The van der Waals surface area contributed by atoms with Gasteiger partial charge in [-0.2, -0.15) is 9.97 Å². The number of nitrogen functional groups attached to an aromatic ring is 1. The van der Waals surface area contributed by atoms with Gasteiger partial charge in [0, 0.05) is 0 Å². The molecule has 1 aromatic carbocycles. The standard InChI is InChI=1S/C10H9FN4O2/c1-17-6-4-2-3-5(11)7(6)8-13-9(12)15-10(16)14-8/h2-4H,1H3,(H3,12,13,14,15,16). The van der Waals surface area contributed by atoms with Crippen molar-refractivity contribution in [2.45, 2.75) is 0 Å². The smallest absolute Gasteiger partial charge is 0.349 e. The molecule has 2 rings (SSSR count). The Morgan fingerprint density at radius 2 is 2.18 bits per heavy atom. The number of H-pyrrole nitrogens is 1. The Hall–Kier alpha value is -2.44. The van der Waals surface area contributed by atoms with Gasteiger partial charge in [-0.3, -0.25) is 4.98 Å². The van der Waals surface area contributed by atoms with Crippen molar-refractivity contribution in [3.05, 3.63) is 34.5 Å². The SMILES string of the molecule is COc1cccc(F)c1-c1nc(N)nc(=O)[nH]1. The molecule has 17 heavy (non-hydrogen) atoms. The van der Waals surface area contributed by atoms with E-state index in [1.165, 1.54) is 19.2 Å². The minimum absolute atomic E-state index is 0.0162. The molecule has 88 valence electrons. The van der Waals surface area contributed by atoms with Crippen LogP contribution in [0.3, 0.4) is 0 Å². The fourth-order valence-electron chi connectivity index (χ4n) is 1.42. The molecule has 0 fully saturated rings. The number of rotatable bonds is 2. The van der Waals surface area contributed by atoms with E-state index in [-0.39, 0.29) is 23.1 Å². The van der Waals surface area contributed by atoms with Crippen molar-refractivity contribution in [2.75, 3.05) is 12.8 Å². The monoisotopic (exact) mass is 236 g/mol. The number of hydrogen-bond donors (Lipinski definition) is 2. The maximum Gasteiger partial charge on any atom is 0.349 e. The lowest BCUT2D eigenvalue weighted by atomic mass is 10.1. The number of aromatic nitrogens is 3. The molecule has 1 heterocycles. The molecule has 0 spiro atoms. The second-order valence-electron chi connectivity index (χ2n) is 3.18. The van der Waals surface area contributed by atoms with Crippen LogP contribution in [0.25, 0.3) is 11.4 Å². The van der Waals surface area contributed by atoms with E-state index in [2.05, 4.69) is 15.0 Å². The van der Waals surface area contributed by atoms with Gasteiger partial charge in [-0.05, 0) is 12.1 Å². The largest absolute Gasteiger partial charge is 0.496 e. The van der Waals surface area contributed by atoms with Gasteiger partial charge < -0.3 is 10.5 Å². The third-order valence-electron chi connectivity index (χ3n) is 2.10. The van der Waals surface area contributed by atoms with Crippen LogP contribution in [-0.2, 0) is 0 Å². The fraction of sp³-hybridized carbons (Fsp3) is 0.100. The first kappa shape index (κ1) is 11.1. The predicted molar refractivity (Wildman–Crippen MR) is 59.0 cm³/mol. The molecular formula is C10H9FN4O2. The van der Waals surface area contributed by atoms with Crippen LogP contribution < -0.4 is 16.2 Å². The number of nitrogens with one attached hydrogen (secondary N) is 1. The van der Waals surface area contributed by atoms with Crippen molar-refractivity contribution < 1.29 is 9.13 Å². The van der Waals surface area contributed by atoms with Gasteiger partial charge in [-0.1, -0.05) is 6.07 Å². The number of aromatic amines is 1. The highest BCUT2D eigenvalue weighted by Crippen LogP contribution is 2.29. The number of halogens is 1. The van der Waals surface area contributed by atoms with E-state index < -0.39 is 11.5 Å². The van der Waals surface area contributed by atoms with Crippen molar-refractivity contribution in [2.24, 2.45) is 0 Å². The summed E-state index contributed by atoms with van der Waals surface area (Å²) < 4.78 is 18.7. The molecule has 2 aromatic rings. The second kappa shape index (κ2) is 4.20. The number of nitrogens with zero attached hydrogens (tertiary/aromatic N) is 2. The van der Waals surface area contributed by atoms with Crippen LogP contribution in [0.1, 0.15) is 0 Å². The van der Waals surface area contributed by atoms with Crippen LogP contribution in [0.5, 0.6) is 5.75 Å². The number of hydrogen-bond acceptors (Lipinski definition) is 5. The highest BCUT2D eigenvalue weighted by atomic mass is 19.1. The number of nitrogens with two attached hydrogens (primary N) is 1. The Balaban J connectivity index is 2.71. The van der Waals surface area contributed by atoms with E-state index in [9.17, 15) is 9.18 Å². The summed E-state index contributed by atoms with van der Waals surface area (Å²) in [5, 5.41) is 0. The number of anilines is 1. The van der Waals surface area contributed by atoms with Crippen LogP contribution in [0, 0.1) is 5.82 Å². The van der Waals surface area contributed by atoms with Gasteiger partial charge in [0.15, 0.2) is 5.82 Å². The summed E-state index contributed by atoms with van der Waals surface area (Å²) in [6.07, 6.45) is 0. The topological polar surface area (TPSA) is 93.9 Å². The van der Waals surface area contributed by atoms with Crippen LogP contribution >= 0.6 is 0 Å². The molecule has 1 aromatic heterocycles. The Morgan fingerprint density at radius 3 is 2.82 bits per heavy atom. The second-order valence-corrected chi connectivity index (χ2v) is 3.18. The van der Waals surface area contributed by atoms with Gasteiger partial charge in [0.05, 0.1) is 12.7 Å². The Morgan fingerprint density at radius 1 is 1.41 bits per heavy atom. The molecule has 0 atom stereocenters. The van der Waals surface area contributed by atoms with Crippen molar-refractivity contribution in [3.8, 4) is 17.1 Å². The lowest BCUT2D eigenvalue weighted by Gasteiger charge is -2.08. The van der Waals surface area contributed by atoms with Gasteiger partial charge in [-0.15, -0.1) is 0 Å². The molecule has 0 aliphatic carbocycles. The van der Waals surface area contributed by atoms with Gasteiger partial charge in [-0.25, -0.2) is 9.18 Å². The molecule has 0 saturated heterocycles. The van der Waals surface area contributed by atoms with Crippen molar-refractivity contribution in [3.63, 3.8) is 0 Å². The van der Waals surface area contributed by atoms with Crippen molar-refractivity contribution in [1.29, 1.82) is 0 Å². The summed E-state index contributed by atoms with van der Waals surface area (Å²) in [7, 11) is 1.39. The molecule has 7 heteroatoms. The van der Waals surface area contributed by atoms with E-state index in [0.717, 1.165) is 0 Å². The summed E-state index contributed by atoms with van der Waals surface area (Å²) in [4.78, 5) is 20.5. The van der Waals surface area contributed by atoms with Gasteiger partial charge in [0.25, 0.3) is 0 Å². The van der Waals surface area contributed by atoms with Crippen LogP contribution in [0.4, 0.5) is 10.3 Å². The van der Waals surface area contributed by atoms with Crippen LogP contribution in [0.2, 0.25) is 0 Å². The van der Waals surface area contributed by atoms with E-state index in [1.54, 1.807) is 6.07 Å². The fourth-order valence-corrected chi connectivity index (χ4v) is 1.42. The molecule has 6 nitrogen and oxygen atoms in total. The molecule has 0 amide bonds. The average molecular weight is 236 g/mol. The minimum Gasteiger partial charge on any atom is -0.496 e. The van der Waals surface area contributed by atoms with E-state index >= 15 is 0 Å². The molecule has 0 radical (unpaired) electrons. The highest BCUT2D eigenvalue weighted by Gasteiger charge is 2.14. The predicted octanol–water partition coefficient (Wildman–Crippen LogP) is 0.562. The van der Waals surface area contributed by atoms with E-state index in [0.29, 0.717) is 0 Å². The lowest BCUT2D eigenvalue weighted by molar-refractivity contribution is 0.413. The summed E-state index contributed by atoms with van der Waals surface area (Å²) in [6.45, 7) is 0. The molecule has 0 aliphatic rings. The van der Waals surface area contributed by atoms with Gasteiger partial charge in [0.2, 0.25) is 5.95 Å². The molecule has 0 saturated carbocycles. The maximum atomic E-state index is 13.7. The average Bonchev–Trinajstić information content (AvgIpc) is 2.27. The Labute approximate surface area is 95.3 Å². The summed E-state index contributed by atoms with van der Waals surface area (Å²) >= 11 is 0. The molecule has 0 unspecified atom stereocenters.